The maximum atomic E-state index is 13.2. The van der Waals surface area contributed by atoms with Gasteiger partial charge in [-0.15, -0.1) is 0 Å². The van der Waals surface area contributed by atoms with Gasteiger partial charge in [0.1, 0.15) is 6.54 Å². The molecule has 5 rings (SSSR count). The summed E-state index contributed by atoms with van der Waals surface area (Å²) in [5.74, 6) is 0.0178. The van der Waals surface area contributed by atoms with Gasteiger partial charge in [-0.2, -0.15) is 32.3 Å². The normalized spacial score (nSPS) is 14.3. The van der Waals surface area contributed by atoms with Crippen molar-refractivity contribution in [1.82, 2.24) is 24.4 Å². The van der Waals surface area contributed by atoms with E-state index in [1.807, 2.05) is 0 Å². The molecule has 0 unspecified atom stereocenters. The molecule has 1 fully saturated rings. The molecule has 28 heavy (non-hydrogen) atoms. The van der Waals surface area contributed by atoms with Gasteiger partial charge in [0.15, 0.2) is 10.8 Å². The summed E-state index contributed by atoms with van der Waals surface area (Å²) in [7, 11) is 0. The number of aromatic nitrogens is 5. The zero-order chi connectivity index (χ0) is 19.9. The van der Waals surface area contributed by atoms with E-state index < -0.39 is 18.7 Å². The Labute approximate surface area is 161 Å². The number of alkyl halides is 3. The number of hydrogen-bond donors (Lipinski definition) is 0. The van der Waals surface area contributed by atoms with Crippen LogP contribution in [0.3, 0.4) is 0 Å². The maximum absolute atomic E-state index is 13.2. The van der Waals surface area contributed by atoms with E-state index in [1.54, 1.807) is 30.3 Å². The van der Waals surface area contributed by atoms with Gasteiger partial charge in [-0.25, -0.2) is 4.98 Å². The van der Waals surface area contributed by atoms with Crippen LogP contribution in [0, 0.1) is 5.95 Å². The molecule has 0 saturated heterocycles. The minimum atomic E-state index is -4.23. The van der Waals surface area contributed by atoms with Crippen molar-refractivity contribution in [3.8, 4) is 0 Å². The number of benzene rings is 1. The van der Waals surface area contributed by atoms with Gasteiger partial charge >= 0.3 is 6.18 Å². The number of para-hydroxylation sites is 1. The summed E-state index contributed by atoms with van der Waals surface area (Å²) in [6.45, 7) is -1.04. The summed E-state index contributed by atoms with van der Waals surface area (Å²) in [6, 6.07) is 8.59. The molecule has 0 atom stereocenters. The fraction of sp³-hybridized carbons (Fsp3) is 0.278. The van der Waals surface area contributed by atoms with Crippen LogP contribution in [0.5, 0.6) is 0 Å². The second kappa shape index (κ2) is 7.05. The Hall–Kier alpha value is -2.68. The van der Waals surface area contributed by atoms with Gasteiger partial charge in [0.25, 0.3) is 0 Å². The predicted molar refractivity (Wildman–Crippen MR) is 95.7 cm³/mol. The molecule has 10 heteroatoms. The summed E-state index contributed by atoms with van der Waals surface area (Å²) >= 11 is 5.80. The molecular weight excluding hydrogens is 398 g/mol. The van der Waals surface area contributed by atoms with E-state index in [2.05, 4.69) is 15.2 Å². The first-order valence-electron chi connectivity index (χ1n) is 8.49. The van der Waals surface area contributed by atoms with Crippen molar-refractivity contribution in [2.75, 3.05) is 0 Å². The summed E-state index contributed by atoms with van der Waals surface area (Å²) in [4.78, 5) is 3.99. The molecule has 0 radical (unpaired) electrons. The average molecular weight is 412 g/mol. The number of nitrogens with zero attached hydrogens (tertiary/aromatic N) is 5. The second-order valence-corrected chi connectivity index (χ2v) is 6.88. The maximum Gasteiger partial charge on any atom is 0.408 e. The van der Waals surface area contributed by atoms with Crippen LogP contribution in [0.2, 0.25) is 5.15 Å². The first-order chi connectivity index (χ1) is 13.3. The minimum Gasteiger partial charge on any atom is -0.256 e. The van der Waals surface area contributed by atoms with Crippen LogP contribution in [-0.2, 0) is 6.54 Å². The van der Waals surface area contributed by atoms with Gasteiger partial charge in [0.2, 0.25) is 5.95 Å². The lowest BCUT2D eigenvalue weighted by Crippen LogP contribution is -2.18. The van der Waals surface area contributed by atoms with E-state index in [0.29, 0.717) is 22.2 Å². The van der Waals surface area contributed by atoms with Crippen LogP contribution in [-0.4, -0.2) is 30.6 Å². The molecule has 4 aromatic rings. The number of hydrogen-bond acceptors (Lipinski definition) is 3. The zero-order valence-electron chi connectivity index (χ0n) is 14.4. The van der Waals surface area contributed by atoms with Crippen molar-refractivity contribution in [3.05, 3.63) is 59.4 Å². The van der Waals surface area contributed by atoms with Crippen molar-refractivity contribution in [3.63, 3.8) is 0 Å². The van der Waals surface area contributed by atoms with E-state index >= 15 is 0 Å². The van der Waals surface area contributed by atoms with Crippen molar-refractivity contribution in [2.45, 2.75) is 31.5 Å². The molecular formula is C18H14ClF4N5. The smallest absolute Gasteiger partial charge is 0.256 e. The second-order valence-electron chi connectivity index (χ2n) is 6.49. The summed E-state index contributed by atoms with van der Waals surface area (Å²) in [5.41, 5.74) is 2.10. The van der Waals surface area contributed by atoms with Gasteiger partial charge < -0.3 is 0 Å². The van der Waals surface area contributed by atoms with Crippen LogP contribution in [0.4, 0.5) is 17.6 Å². The Morgan fingerprint density at radius 1 is 1.14 bits per heavy atom. The van der Waals surface area contributed by atoms with Crippen LogP contribution in [0.25, 0.3) is 16.6 Å². The molecule has 0 aliphatic heterocycles. The first-order valence-corrected chi connectivity index (χ1v) is 8.86. The lowest BCUT2D eigenvalue weighted by atomic mass is 10.2. The summed E-state index contributed by atoms with van der Waals surface area (Å²) in [5, 5.41) is 8.56. The highest BCUT2D eigenvalue weighted by atomic mass is 35.5. The third kappa shape index (κ3) is 3.94. The predicted octanol–water partition coefficient (Wildman–Crippen LogP) is 5.00. The van der Waals surface area contributed by atoms with Crippen LogP contribution in [0.15, 0.2) is 42.7 Å². The molecule has 1 aromatic carbocycles. The molecule has 5 nitrogen and oxygen atoms in total. The average Bonchev–Trinajstić information content (AvgIpc) is 3.33. The molecule has 0 N–H and O–H groups in total. The van der Waals surface area contributed by atoms with E-state index in [0.717, 1.165) is 33.0 Å². The van der Waals surface area contributed by atoms with Crippen LogP contribution < -0.4 is 0 Å². The van der Waals surface area contributed by atoms with E-state index in [-0.39, 0.29) is 0 Å². The quantitative estimate of drug-likeness (QED) is 0.436. The Balaban J connectivity index is 0.000000137. The van der Waals surface area contributed by atoms with E-state index in [4.69, 9.17) is 11.6 Å². The Kier molecular flexibility index (Phi) is 4.70. The lowest BCUT2D eigenvalue weighted by molar-refractivity contribution is -0.141. The van der Waals surface area contributed by atoms with Crippen LogP contribution in [0.1, 0.15) is 24.3 Å². The molecule has 3 aromatic heterocycles. The van der Waals surface area contributed by atoms with Gasteiger partial charge in [0, 0.05) is 10.9 Å². The van der Waals surface area contributed by atoms with E-state index in [1.165, 1.54) is 12.4 Å². The van der Waals surface area contributed by atoms with Crippen molar-refractivity contribution in [2.24, 2.45) is 0 Å². The fourth-order valence-electron chi connectivity index (χ4n) is 2.95. The zero-order valence-corrected chi connectivity index (χ0v) is 15.1. The molecule has 0 amide bonds. The lowest BCUT2D eigenvalue weighted by Gasteiger charge is -2.06. The highest BCUT2D eigenvalue weighted by Crippen LogP contribution is 2.42. The number of rotatable bonds is 2. The third-order valence-electron chi connectivity index (χ3n) is 4.32. The monoisotopic (exact) mass is 411 g/mol. The van der Waals surface area contributed by atoms with Gasteiger partial charge in [-0.1, -0.05) is 29.8 Å². The van der Waals surface area contributed by atoms with Crippen molar-refractivity contribution in [1.29, 1.82) is 0 Å². The summed E-state index contributed by atoms with van der Waals surface area (Å²) < 4.78 is 51.5. The Morgan fingerprint density at radius 2 is 1.89 bits per heavy atom. The molecule has 0 spiro atoms. The highest BCUT2D eigenvalue weighted by Gasteiger charge is 2.29. The minimum absolute atomic E-state index is 0.316. The number of imidazole rings is 1. The number of fused-ring (bicyclic) bond motifs is 2. The Morgan fingerprint density at radius 3 is 2.61 bits per heavy atom. The Bertz CT molecular complexity index is 1130. The number of halogens is 5. The molecule has 1 saturated carbocycles. The standard InChI is InChI=1S/C9H7ClFN3.C9H7F3N2/c10-7-3-6(5-1-2-5)9-12-4-8(11)14(9)13-7;10-9(11,12)6-14-8-4-2-1-3-7(8)5-13-14/h3-5H,1-2H2;1-5H,6H2. The molecule has 3 heterocycles. The molecule has 146 valence electrons. The largest absolute Gasteiger partial charge is 0.408 e. The van der Waals surface area contributed by atoms with E-state index in [9.17, 15) is 17.6 Å². The van der Waals surface area contributed by atoms with Gasteiger partial charge in [0.05, 0.1) is 17.9 Å². The summed E-state index contributed by atoms with van der Waals surface area (Å²) in [6.07, 6.45) is 0.634. The first kappa shape index (κ1) is 18.7. The highest BCUT2D eigenvalue weighted by molar-refractivity contribution is 6.29. The van der Waals surface area contributed by atoms with Gasteiger partial charge in [-0.05, 0) is 30.9 Å². The van der Waals surface area contributed by atoms with Crippen molar-refractivity contribution < 1.29 is 17.6 Å². The fourth-order valence-corrected chi connectivity index (χ4v) is 3.14. The molecule has 1 aliphatic carbocycles. The third-order valence-corrected chi connectivity index (χ3v) is 4.51. The topological polar surface area (TPSA) is 48.0 Å². The van der Waals surface area contributed by atoms with Gasteiger partial charge in [-0.3, -0.25) is 4.68 Å². The molecule has 0 bridgehead atoms. The molecule has 1 aliphatic rings. The van der Waals surface area contributed by atoms with Crippen molar-refractivity contribution >= 4 is 28.2 Å². The van der Waals surface area contributed by atoms with Crippen LogP contribution >= 0.6 is 11.6 Å². The SMILES string of the molecule is FC(F)(F)Cn1ncc2ccccc21.Fc1cnc2c(C3CC3)cc(Cl)nn12.